The van der Waals surface area contributed by atoms with Gasteiger partial charge in [0.05, 0.1) is 12.0 Å². The van der Waals surface area contributed by atoms with Crippen LogP contribution in [0.2, 0.25) is 0 Å². The van der Waals surface area contributed by atoms with E-state index in [1.165, 1.54) is 11.3 Å². The van der Waals surface area contributed by atoms with Crippen molar-refractivity contribution in [1.29, 1.82) is 0 Å². The van der Waals surface area contributed by atoms with Gasteiger partial charge in [-0.05, 0) is 12.1 Å². The Morgan fingerprint density at radius 1 is 1.11 bits per heavy atom. The Morgan fingerprint density at radius 2 is 2.00 bits per heavy atom. The zero-order valence-corrected chi connectivity index (χ0v) is 9.67. The van der Waals surface area contributed by atoms with Gasteiger partial charge >= 0.3 is 0 Å². The number of benzene rings is 2. The molecule has 0 N–H and O–H groups in total. The Kier molecular flexibility index (Phi) is 1.68. The Morgan fingerprint density at radius 3 is 2.89 bits per heavy atom. The highest BCUT2D eigenvalue weighted by Gasteiger charge is 2.28. The van der Waals surface area contributed by atoms with Gasteiger partial charge in [-0.1, -0.05) is 30.3 Å². The molecule has 0 aliphatic carbocycles. The molecule has 0 atom stereocenters. The van der Waals surface area contributed by atoms with E-state index in [0.29, 0.717) is 5.69 Å². The van der Waals surface area contributed by atoms with E-state index in [0.717, 1.165) is 17.4 Å². The second-order valence-corrected chi connectivity index (χ2v) is 4.49. The smallest absolute Gasteiger partial charge is 0.217 e. The molecule has 1 aliphatic heterocycles. The minimum absolute atomic E-state index is 0.711. The first kappa shape index (κ1) is 9.43. The lowest BCUT2D eigenvalue weighted by atomic mass is 10.1. The summed E-state index contributed by atoms with van der Waals surface area (Å²) in [5, 5.41) is 1.12. The summed E-state index contributed by atoms with van der Waals surface area (Å²) in [6.07, 6.45) is 2.12. The lowest BCUT2D eigenvalue weighted by molar-refractivity contribution is -0.749. The van der Waals surface area contributed by atoms with Crippen LogP contribution in [-0.4, -0.2) is 4.68 Å². The van der Waals surface area contributed by atoms with Crippen molar-refractivity contribution in [2.75, 3.05) is 0 Å². The van der Waals surface area contributed by atoms with Crippen molar-refractivity contribution in [3.05, 3.63) is 65.6 Å². The monoisotopic (exact) mass is 232 g/mol. The lowest BCUT2D eigenvalue weighted by Crippen LogP contribution is -2.36. The molecule has 0 bridgehead atoms. The maximum atomic E-state index is 7.31. The Bertz CT molecular complexity index is 821. The third kappa shape index (κ3) is 1.05. The topological polar surface area (TPSA) is 13.2 Å². The number of hydrogen-bond donors (Lipinski definition) is 0. The summed E-state index contributed by atoms with van der Waals surface area (Å²) in [6.45, 7) is 8.19. The highest BCUT2D eigenvalue weighted by atomic mass is 15.4. The van der Waals surface area contributed by atoms with Crippen LogP contribution < -0.4 is 4.68 Å². The SMILES string of the molecule is [C-]#[N+]c1cccc2c[n+]3n(c12)-c1ccccc1C3. The van der Waals surface area contributed by atoms with Crippen molar-refractivity contribution in [1.82, 2.24) is 4.68 Å². The predicted molar refractivity (Wildman–Crippen MR) is 68.8 cm³/mol. The third-order valence-corrected chi connectivity index (χ3v) is 3.48. The molecule has 2 aromatic carbocycles. The van der Waals surface area contributed by atoms with Crippen LogP contribution in [0.25, 0.3) is 21.4 Å². The molecular weight excluding hydrogens is 222 g/mol. The first-order valence-electron chi connectivity index (χ1n) is 5.88. The van der Waals surface area contributed by atoms with Crippen LogP contribution in [0.15, 0.2) is 48.7 Å². The second kappa shape index (κ2) is 3.21. The van der Waals surface area contributed by atoms with E-state index in [2.05, 4.69) is 44.7 Å². The summed E-state index contributed by atoms with van der Waals surface area (Å²) in [6, 6.07) is 14.2. The second-order valence-electron chi connectivity index (χ2n) is 4.49. The molecule has 18 heavy (non-hydrogen) atoms. The van der Waals surface area contributed by atoms with Gasteiger partial charge in [0.15, 0.2) is 6.54 Å². The number of para-hydroxylation sites is 2. The summed E-state index contributed by atoms with van der Waals surface area (Å²) >= 11 is 0. The fraction of sp³-hybridized carbons (Fsp3) is 0.0667. The van der Waals surface area contributed by atoms with Crippen molar-refractivity contribution < 1.29 is 4.68 Å². The summed E-state index contributed by atoms with van der Waals surface area (Å²) in [4.78, 5) is 3.64. The van der Waals surface area contributed by atoms with Gasteiger partial charge in [0.1, 0.15) is 11.2 Å². The molecule has 3 heteroatoms. The molecule has 0 spiro atoms. The molecule has 0 amide bonds. The Hall–Kier alpha value is -2.60. The molecule has 0 saturated heterocycles. The standard InChI is InChI=1S/C15H10N3/c1-16-13-7-4-6-12-10-17-9-11-5-2-3-8-14(11)18(17)15(12)13/h2-8,10H,9H2/q+1. The highest BCUT2D eigenvalue weighted by Crippen LogP contribution is 2.30. The lowest BCUT2D eigenvalue weighted by Gasteiger charge is -1.98. The van der Waals surface area contributed by atoms with E-state index in [-0.39, 0.29) is 0 Å². The Balaban J connectivity index is 2.18. The van der Waals surface area contributed by atoms with E-state index in [1.54, 1.807) is 0 Å². The van der Waals surface area contributed by atoms with E-state index in [9.17, 15) is 0 Å². The zero-order valence-electron chi connectivity index (χ0n) is 9.67. The van der Waals surface area contributed by atoms with Crippen LogP contribution in [0, 0.1) is 6.57 Å². The zero-order chi connectivity index (χ0) is 12.1. The minimum Gasteiger partial charge on any atom is -0.236 e. The fourth-order valence-corrected chi connectivity index (χ4v) is 2.72. The molecule has 3 aromatic rings. The van der Waals surface area contributed by atoms with E-state index >= 15 is 0 Å². The summed E-state index contributed by atoms with van der Waals surface area (Å²) in [7, 11) is 0. The summed E-state index contributed by atoms with van der Waals surface area (Å²) in [5.41, 5.74) is 4.21. The van der Waals surface area contributed by atoms with Gasteiger partial charge in [0, 0.05) is 5.56 Å². The maximum Gasteiger partial charge on any atom is 0.217 e. The van der Waals surface area contributed by atoms with Crippen molar-refractivity contribution in [2.45, 2.75) is 6.54 Å². The Labute approximate surface area is 104 Å². The van der Waals surface area contributed by atoms with E-state index in [1.807, 2.05) is 18.2 Å². The number of hydrogen-bond acceptors (Lipinski definition) is 0. The van der Waals surface area contributed by atoms with Gasteiger partial charge in [0.2, 0.25) is 11.9 Å². The molecule has 1 aromatic heterocycles. The van der Waals surface area contributed by atoms with Crippen molar-refractivity contribution in [2.24, 2.45) is 0 Å². The first-order chi connectivity index (χ1) is 8.88. The molecule has 4 rings (SSSR count). The first-order valence-corrected chi connectivity index (χ1v) is 5.88. The molecular formula is C15H10N3+. The molecule has 0 radical (unpaired) electrons. The van der Waals surface area contributed by atoms with Crippen molar-refractivity contribution >= 4 is 16.6 Å². The number of nitrogens with zero attached hydrogens (tertiary/aromatic N) is 3. The molecule has 84 valence electrons. The van der Waals surface area contributed by atoms with Gasteiger partial charge in [0.25, 0.3) is 0 Å². The normalized spacial score (nSPS) is 12.2. The predicted octanol–water partition coefficient (Wildman–Crippen LogP) is 2.83. The molecule has 2 heterocycles. The third-order valence-electron chi connectivity index (χ3n) is 3.48. The van der Waals surface area contributed by atoms with Gasteiger partial charge in [-0.3, -0.25) is 0 Å². The van der Waals surface area contributed by atoms with Crippen LogP contribution in [-0.2, 0) is 6.54 Å². The largest absolute Gasteiger partial charge is 0.236 e. The van der Waals surface area contributed by atoms with E-state index < -0.39 is 0 Å². The van der Waals surface area contributed by atoms with Gasteiger partial charge in [-0.15, -0.1) is 9.36 Å². The van der Waals surface area contributed by atoms with Crippen molar-refractivity contribution in [3.8, 4) is 5.69 Å². The van der Waals surface area contributed by atoms with Crippen molar-refractivity contribution in [3.63, 3.8) is 0 Å². The van der Waals surface area contributed by atoms with Crippen LogP contribution >= 0.6 is 0 Å². The fourth-order valence-electron chi connectivity index (χ4n) is 2.72. The minimum atomic E-state index is 0.711. The molecule has 1 aliphatic rings. The molecule has 0 fully saturated rings. The van der Waals surface area contributed by atoms with Gasteiger partial charge in [-0.2, -0.15) is 0 Å². The number of fused-ring (bicyclic) bond motifs is 5. The van der Waals surface area contributed by atoms with Crippen LogP contribution in [0.5, 0.6) is 0 Å². The quantitative estimate of drug-likeness (QED) is 0.327. The molecule has 3 nitrogen and oxygen atoms in total. The van der Waals surface area contributed by atoms with Gasteiger partial charge in [-0.25, -0.2) is 4.85 Å². The molecule has 0 saturated carbocycles. The average molecular weight is 232 g/mol. The van der Waals surface area contributed by atoms with Gasteiger partial charge < -0.3 is 0 Å². The highest BCUT2D eigenvalue weighted by molar-refractivity contribution is 5.91. The van der Waals surface area contributed by atoms with Crippen LogP contribution in [0.1, 0.15) is 5.56 Å². The van der Waals surface area contributed by atoms with E-state index in [4.69, 9.17) is 6.57 Å². The average Bonchev–Trinajstić information content (AvgIpc) is 2.93. The summed E-state index contributed by atoms with van der Waals surface area (Å²) < 4.78 is 4.32. The molecule has 0 unspecified atom stereocenters. The number of aromatic nitrogens is 2. The van der Waals surface area contributed by atoms with Crippen LogP contribution in [0.4, 0.5) is 5.69 Å². The maximum absolute atomic E-state index is 7.31. The number of rotatable bonds is 0. The van der Waals surface area contributed by atoms with Crippen LogP contribution in [0.3, 0.4) is 0 Å². The summed E-state index contributed by atoms with van der Waals surface area (Å²) in [5.74, 6) is 0.